The Kier molecular flexibility index (Phi) is 8.49. The molecule has 0 aromatic heterocycles. The lowest BCUT2D eigenvalue weighted by molar-refractivity contribution is -0.142. The van der Waals surface area contributed by atoms with Gasteiger partial charge in [-0.2, -0.15) is 18.4 Å². The number of rotatable bonds is 7. The van der Waals surface area contributed by atoms with Crippen molar-refractivity contribution in [2.24, 2.45) is 5.92 Å². The van der Waals surface area contributed by atoms with Crippen LogP contribution in [0.25, 0.3) is 11.1 Å². The van der Waals surface area contributed by atoms with Crippen LogP contribution in [-0.4, -0.2) is 22.9 Å². The summed E-state index contributed by atoms with van der Waals surface area (Å²) in [6.45, 7) is 0. The number of carbonyl (C=O) groups is 1. The van der Waals surface area contributed by atoms with Crippen LogP contribution in [0.4, 0.5) is 18.9 Å². The van der Waals surface area contributed by atoms with Gasteiger partial charge in [-0.1, -0.05) is 55.7 Å². The first-order chi connectivity index (χ1) is 18.1. The second-order valence-corrected chi connectivity index (χ2v) is 10.6. The number of nitriles is 1. The number of benzene rings is 3. The second-order valence-electron chi connectivity index (χ2n) is 9.69. The van der Waals surface area contributed by atoms with Gasteiger partial charge in [0.05, 0.1) is 17.2 Å². The highest BCUT2D eigenvalue weighted by atomic mass is 32.2. The molecule has 198 valence electrons. The van der Waals surface area contributed by atoms with Crippen molar-refractivity contribution in [1.82, 2.24) is 0 Å². The predicted octanol–water partition coefficient (Wildman–Crippen LogP) is 7.46. The fraction of sp³-hybridized carbons (Fsp3) is 0.333. The molecule has 2 N–H and O–H groups in total. The average Bonchev–Trinajstić information content (AvgIpc) is 2.93. The van der Waals surface area contributed by atoms with Crippen molar-refractivity contribution in [3.63, 3.8) is 0 Å². The van der Waals surface area contributed by atoms with E-state index in [9.17, 15) is 23.1 Å². The zero-order valence-corrected chi connectivity index (χ0v) is 21.8. The summed E-state index contributed by atoms with van der Waals surface area (Å²) in [5.41, 5.74) is -0.863. The number of halogens is 3. The molecule has 8 heteroatoms. The van der Waals surface area contributed by atoms with Crippen LogP contribution < -0.4 is 5.32 Å². The van der Waals surface area contributed by atoms with Gasteiger partial charge in [-0.15, -0.1) is 11.8 Å². The van der Waals surface area contributed by atoms with Crippen LogP contribution in [0.3, 0.4) is 0 Å². The van der Waals surface area contributed by atoms with Crippen LogP contribution in [0.15, 0.2) is 71.6 Å². The van der Waals surface area contributed by atoms with Crippen LogP contribution >= 0.6 is 11.8 Å². The molecule has 1 aliphatic rings. The van der Waals surface area contributed by atoms with Crippen LogP contribution in [0.2, 0.25) is 0 Å². The number of anilines is 1. The Hall–Kier alpha value is -3.28. The molecule has 3 aromatic rings. The van der Waals surface area contributed by atoms with Gasteiger partial charge in [-0.25, -0.2) is 0 Å². The highest BCUT2D eigenvalue weighted by Gasteiger charge is 2.44. The van der Waals surface area contributed by atoms with Gasteiger partial charge >= 0.3 is 6.18 Å². The quantitative estimate of drug-likeness (QED) is 0.306. The summed E-state index contributed by atoms with van der Waals surface area (Å²) in [6.07, 6.45) is 1.35. The Morgan fingerprint density at radius 3 is 2.37 bits per heavy atom. The number of hydrogen-bond donors (Lipinski definition) is 2. The number of aliphatic hydroxyl groups is 1. The molecule has 1 unspecified atom stereocenters. The highest BCUT2D eigenvalue weighted by molar-refractivity contribution is 7.98. The summed E-state index contributed by atoms with van der Waals surface area (Å²) in [6, 6.07) is 20.3. The van der Waals surface area contributed by atoms with Crippen molar-refractivity contribution < 1.29 is 23.1 Å². The third kappa shape index (κ3) is 6.23. The fourth-order valence-electron chi connectivity index (χ4n) is 5.14. The van der Waals surface area contributed by atoms with Gasteiger partial charge in [0.2, 0.25) is 0 Å². The number of thioether (sulfide) groups is 1. The third-order valence-corrected chi connectivity index (χ3v) is 7.94. The first-order valence-corrected chi connectivity index (χ1v) is 13.7. The molecule has 4 nitrogen and oxygen atoms in total. The molecule has 1 aliphatic carbocycles. The zero-order valence-electron chi connectivity index (χ0n) is 21.0. The molecule has 0 bridgehead atoms. The number of amides is 1. The Bertz CT molecular complexity index is 1330. The second kappa shape index (κ2) is 11.6. The summed E-state index contributed by atoms with van der Waals surface area (Å²) >= 11 is 1.65. The van der Waals surface area contributed by atoms with Gasteiger partial charge in [0.1, 0.15) is 5.60 Å². The molecule has 1 saturated carbocycles. The number of hydrogen-bond acceptors (Lipinski definition) is 4. The topological polar surface area (TPSA) is 73.1 Å². The smallest absolute Gasteiger partial charge is 0.379 e. The molecular weight excluding hydrogens is 509 g/mol. The first kappa shape index (κ1) is 27.7. The maximum absolute atomic E-state index is 13.6. The largest absolute Gasteiger partial charge is 0.417 e. The molecule has 0 radical (unpaired) electrons. The van der Waals surface area contributed by atoms with Crippen molar-refractivity contribution in [3.8, 4) is 17.2 Å². The molecule has 38 heavy (non-hydrogen) atoms. The summed E-state index contributed by atoms with van der Waals surface area (Å²) in [5.74, 6) is -1.07. The zero-order chi connectivity index (χ0) is 27.3. The Balaban J connectivity index is 1.64. The SMILES string of the molecule is CSc1ccc(-c2cccc(CC(O)(C(=O)Nc3ccc(C#N)c(C(F)(F)F)c3)C3CCCCC3)c2)cc1. The van der Waals surface area contributed by atoms with Crippen LogP contribution in [0.1, 0.15) is 48.8 Å². The first-order valence-electron chi connectivity index (χ1n) is 12.5. The van der Waals surface area contributed by atoms with Crippen molar-refractivity contribution in [1.29, 1.82) is 5.26 Å². The lowest BCUT2D eigenvalue weighted by Crippen LogP contribution is -2.51. The molecule has 0 aliphatic heterocycles. The van der Waals surface area contributed by atoms with E-state index in [0.717, 1.165) is 53.0 Å². The monoisotopic (exact) mass is 538 g/mol. The molecular formula is C30H29F3N2O2S. The minimum atomic E-state index is -4.75. The van der Waals surface area contributed by atoms with E-state index in [0.29, 0.717) is 12.8 Å². The minimum Gasteiger partial charge on any atom is -0.379 e. The van der Waals surface area contributed by atoms with E-state index in [1.807, 2.05) is 54.8 Å². The fourth-order valence-corrected chi connectivity index (χ4v) is 5.55. The molecule has 1 amide bonds. The standard InChI is InChI=1S/C30H29F3N2O2S/c1-38-26-14-11-21(12-15-26)22-7-5-6-20(16-22)18-29(37,24-8-3-2-4-9-24)28(36)35-25-13-10-23(19-34)27(17-25)30(31,32)33/h5-7,10-17,24,37H,2-4,8-9,18H2,1H3,(H,35,36). The molecule has 1 fully saturated rings. The van der Waals surface area contributed by atoms with Crippen molar-refractivity contribution in [2.75, 3.05) is 11.6 Å². The third-order valence-electron chi connectivity index (χ3n) is 7.20. The number of alkyl halides is 3. The Morgan fingerprint density at radius 1 is 1.03 bits per heavy atom. The van der Waals surface area contributed by atoms with Crippen LogP contribution in [-0.2, 0) is 17.4 Å². The van der Waals surface area contributed by atoms with Gasteiger partial charge in [0, 0.05) is 17.0 Å². The average molecular weight is 539 g/mol. The molecule has 1 atom stereocenters. The van der Waals surface area contributed by atoms with Gasteiger partial charge in [0.15, 0.2) is 0 Å². The highest BCUT2D eigenvalue weighted by Crippen LogP contribution is 2.38. The van der Waals surface area contributed by atoms with E-state index >= 15 is 0 Å². The van der Waals surface area contributed by atoms with E-state index in [1.165, 1.54) is 12.1 Å². The predicted molar refractivity (Wildman–Crippen MR) is 144 cm³/mol. The van der Waals surface area contributed by atoms with Gasteiger partial charge < -0.3 is 10.4 Å². The molecule has 0 heterocycles. The van der Waals surface area contributed by atoms with E-state index in [2.05, 4.69) is 5.32 Å². The normalized spacial score (nSPS) is 15.9. The maximum atomic E-state index is 13.6. The lowest BCUT2D eigenvalue weighted by Gasteiger charge is -2.37. The Labute approximate surface area is 224 Å². The molecule has 3 aromatic carbocycles. The van der Waals surface area contributed by atoms with Gasteiger partial charge in [-0.05, 0) is 72.0 Å². The summed E-state index contributed by atoms with van der Waals surface area (Å²) in [5, 5.41) is 23.5. The van der Waals surface area contributed by atoms with Crippen LogP contribution in [0.5, 0.6) is 0 Å². The maximum Gasteiger partial charge on any atom is 0.417 e. The number of nitrogens with one attached hydrogen (secondary N) is 1. The van der Waals surface area contributed by atoms with Gasteiger partial charge in [-0.3, -0.25) is 4.79 Å². The van der Waals surface area contributed by atoms with Crippen molar-refractivity contribution >= 4 is 23.4 Å². The van der Waals surface area contributed by atoms with E-state index in [4.69, 9.17) is 5.26 Å². The number of nitrogens with zero attached hydrogens (tertiary/aromatic N) is 1. The Morgan fingerprint density at radius 2 is 1.74 bits per heavy atom. The van der Waals surface area contributed by atoms with Crippen LogP contribution in [0, 0.1) is 17.2 Å². The lowest BCUT2D eigenvalue weighted by atomic mass is 9.73. The molecule has 4 rings (SSSR count). The molecule has 0 saturated heterocycles. The minimum absolute atomic E-state index is 0.0304. The van der Waals surface area contributed by atoms with E-state index in [-0.39, 0.29) is 18.0 Å². The summed E-state index contributed by atoms with van der Waals surface area (Å²) in [7, 11) is 0. The van der Waals surface area contributed by atoms with Gasteiger partial charge in [0.25, 0.3) is 5.91 Å². The van der Waals surface area contributed by atoms with E-state index < -0.39 is 28.8 Å². The van der Waals surface area contributed by atoms with E-state index in [1.54, 1.807) is 11.8 Å². The van der Waals surface area contributed by atoms with Crippen molar-refractivity contribution in [3.05, 3.63) is 83.4 Å². The summed E-state index contributed by atoms with van der Waals surface area (Å²) < 4.78 is 40.4. The number of carbonyl (C=O) groups excluding carboxylic acids is 1. The summed E-state index contributed by atoms with van der Waals surface area (Å²) in [4.78, 5) is 14.7. The van der Waals surface area contributed by atoms with Crippen molar-refractivity contribution in [2.45, 2.75) is 55.2 Å². The molecule has 0 spiro atoms.